The molecule has 4 rings (SSSR count). The lowest BCUT2D eigenvalue weighted by atomic mass is 9.77. The number of fused-ring (bicyclic) bond motifs is 3. The van der Waals surface area contributed by atoms with Crippen LogP contribution in [-0.4, -0.2) is 4.92 Å². The van der Waals surface area contributed by atoms with Crippen molar-refractivity contribution in [2.24, 2.45) is 5.92 Å². The smallest absolute Gasteiger partial charge is 0.269 e. The summed E-state index contributed by atoms with van der Waals surface area (Å²) in [6, 6.07) is 15.8. The molecule has 22 heavy (non-hydrogen) atoms. The highest BCUT2D eigenvalue weighted by Crippen LogP contribution is 2.50. The van der Waals surface area contributed by atoms with Gasteiger partial charge in [-0.2, -0.15) is 0 Å². The maximum absolute atomic E-state index is 11.0. The fourth-order valence-electron chi connectivity index (χ4n) is 3.69. The number of hydrogen-bond acceptors (Lipinski definition) is 3. The van der Waals surface area contributed by atoms with Crippen LogP contribution in [0.15, 0.2) is 60.7 Å². The summed E-state index contributed by atoms with van der Waals surface area (Å²) in [4.78, 5) is 10.7. The molecule has 4 nitrogen and oxygen atoms in total. The highest BCUT2D eigenvalue weighted by molar-refractivity contribution is 5.62. The average Bonchev–Trinajstić information content (AvgIpc) is 3.04. The van der Waals surface area contributed by atoms with Gasteiger partial charge < -0.3 is 5.32 Å². The fourth-order valence-corrected chi connectivity index (χ4v) is 3.69. The number of nitro groups is 1. The molecule has 4 heteroatoms. The van der Waals surface area contributed by atoms with E-state index in [1.807, 2.05) is 12.1 Å². The van der Waals surface area contributed by atoms with Crippen LogP contribution in [-0.2, 0) is 0 Å². The molecule has 0 saturated heterocycles. The quantitative estimate of drug-likeness (QED) is 0.506. The zero-order valence-corrected chi connectivity index (χ0v) is 12.0. The maximum atomic E-state index is 11.0. The summed E-state index contributed by atoms with van der Waals surface area (Å²) >= 11 is 0. The van der Waals surface area contributed by atoms with Gasteiger partial charge in [0, 0.05) is 23.7 Å². The molecule has 1 heterocycles. The zero-order valence-electron chi connectivity index (χ0n) is 12.0. The largest absolute Gasteiger partial charge is 0.378 e. The summed E-state index contributed by atoms with van der Waals surface area (Å²) < 4.78 is 0. The molecule has 0 bridgehead atoms. The van der Waals surface area contributed by atoms with Gasteiger partial charge in [-0.25, -0.2) is 0 Å². The first-order valence-corrected chi connectivity index (χ1v) is 7.50. The number of hydrogen-bond donors (Lipinski definition) is 1. The van der Waals surface area contributed by atoms with Gasteiger partial charge in [0.15, 0.2) is 0 Å². The van der Waals surface area contributed by atoms with Crippen molar-refractivity contribution in [3.05, 3.63) is 81.9 Å². The molecule has 1 aliphatic heterocycles. The summed E-state index contributed by atoms with van der Waals surface area (Å²) in [6.07, 6.45) is 5.39. The van der Waals surface area contributed by atoms with Gasteiger partial charge in [0.05, 0.1) is 11.0 Å². The lowest BCUT2D eigenvalue weighted by Gasteiger charge is -2.37. The molecule has 3 atom stereocenters. The first-order valence-electron chi connectivity index (χ1n) is 7.50. The van der Waals surface area contributed by atoms with Gasteiger partial charge >= 0.3 is 0 Å². The molecule has 2 aliphatic rings. The molecule has 0 unspecified atom stereocenters. The van der Waals surface area contributed by atoms with Crippen molar-refractivity contribution in [1.82, 2.24) is 0 Å². The van der Waals surface area contributed by atoms with E-state index in [0.717, 1.165) is 17.7 Å². The highest BCUT2D eigenvalue weighted by Gasteiger charge is 2.38. The van der Waals surface area contributed by atoms with Crippen LogP contribution in [0.3, 0.4) is 0 Å². The van der Waals surface area contributed by atoms with Gasteiger partial charge in [-0.3, -0.25) is 10.1 Å². The van der Waals surface area contributed by atoms with Crippen LogP contribution in [0, 0.1) is 16.0 Å². The van der Waals surface area contributed by atoms with E-state index in [-0.39, 0.29) is 22.6 Å². The van der Waals surface area contributed by atoms with Crippen LogP contribution >= 0.6 is 0 Å². The molecular formula is C18H16N2O2. The van der Waals surface area contributed by atoms with Crippen LogP contribution < -0.4 is 5.32 Å². The second kappa shape index (κ2) is 4.98. The molecule has 0 amide bonds. The van der Waals surface area contributed by atoms with Gasteiger partial charge in [0.1, 0.15) is 0 Å². The molecule has 0 radical (unpaired) electrons. The number of allylic oxidation sites excluding steroid dienone is 2. The van der Waals surface area contributed by atoms with Crippen LogP contribution in [0.4, 0.5) is 11.4 Å². The second-order valence-electron chi connectivity index (χ2n) is 5.91. The molecule has 2 aromatic rings. The van der Waals surface area contributed by atoms with Crippen molar-refractivity contribution in [2.45, 2.75) is 18.4 Å². The molecule has 110 valence electrons. The summed E-state index contributed by atoms with van der Waals surface area (Å²) in [6.45, 7) is 0. The molecule has 0 fully saturated rings. The summed E-state index contributed by atoms with van der Waals surface area (Å²) in [5, 5.41) is 14.6. The lowest BCUT2D eigenvalue weighted by Crippen LogP contribution is -2.29. The highest BCUT2D eigenvalue weighted by atomic mass is 16.6. The van der Waals surface area contributed by atoms with Gasteiger partial charge in [0.25, 0.3) is 5.69 Å². The van der Waals surface area contributed by atoms with E-state index in [1.54, 1.807) is 12.1 Å². The Hall–Kier alpha value is -2.62. The van der Waals surface area contributed by atoms with Crippen LogP contribution in [0.25, 0.3) is 0 Å². The minimum Gasteiger partial charge on any atom is -0.378 e. The Balaban J connectivity index is 1.79. The third kappa shape index (κ3) is 1.99. The fraction of sp³-hybridized carbons (Fsp3) is 0.222. The molecule has 2 aromatic carbocycles. The third-order valence-electron chi connectivity index (χ3n) is 4.72. The SMILES string of the molecule is O=[N+]([O-])c1ccc2c(c1)[C@@H]1C=CC[C@@H]1[C@H](c1ccccc1)N2. The maximum Gasteiger partial charge on any atom is 0.269 e. The van der Waals surface area contributed by atoms with Crippen LogP contribution in [0.1, 0.15) is 29.5 Å². The number of nitrogens with one attached hydrogen (secondary N) is 1. The number of anilines is 1. The van der Waals surface area contributed by atoms with E-state index in [0.29, 0.717) is 5.92 Å². The van der Waals surface area contributed by atoms with E-state index in [4.69, 9.17) is 0 Å². The Bertz CT molecular complexity index is 755. The topological polar surface area (TPSA) is 55.2 Å². The van der Waals surface area contributed by atoms with Gasteiger partial charge in [-0.05, 0) is 29.5 Å². The minimum absolute atomic E-state index is 0.165. The molecule has 0 spiro atoms. The van der Waals surface area contributed by atoms with Crippen molar-refractivity contribution in [3.8, 4) is 0 Å². The van der Waals surface area contributed by atoms with Crippen LogP contribution in [0.5, 0.6) is 0 Å². The van der Waals surface area contributed by atoms with Gasteiger partial charge in [-0.15, -0.1) is 0 Å². The zero-order chi connectivity index (χ0) is 15.1. The van der Waals surface area contributed by atoms with E-state index in [9.17, 15) is 10.1 Å². The van der Waals surface area contributed by atoms with Crippen molar-refractivity contribution < 1.29 is 4.92 Å². The number of benzene rings is 2. The van der Waals surface area contributed by atoms with Gasteiger partial charge in [0.2, 0.25) is 0 Å². The Kier molecular flexibility index (Phi) is 2.96. The predicted octanol–water partition coefficient (Wildman–Crippen LogP) is 4.42. The molecular weight excluding hydrogens is 276 g/mol. The molecule has 1 N–H and O–H groups in total. The number of nitrogens with zero attached hydrogens (tertiary/aromatic N) is 1. The normalized spacial score (nSPS) is 25.2. The van der Waals surface area contributed by atoms with E-state index in [1.165, 1.54) is 5.56 Å². The van der Waals surface area contributed by atoms with Gasteiger partial charge in [-0.1, -0.05) is 42.5 Å². The first-order chi connectivity index (χ1) is 10.7. The number of rotatable bonds is 2. The van der Waals surface area contributed by atoms with E-state index >= 15 is 0 Å². The summed E-state index contributed by atoms with van der Waals surface area (Å²) in [5.74, 6) is 0.665. The predicted molar refractivity (Wildman–Crippen MR) is 85.9 cm³/mol. The Morgan fingerprint density at radius 2 is 1.95 bits per heavy atom. The van der Waals surface area contributed by atoms with E-state index < -0.39 is 0 Å². The van der Waals surface area contributed by atoms with Crippen molar-refractivity contribution in [2.75, 3.05) is 5.32 Å². The molecule has 1 aliphatic carbocycles. The molecule has 0 saturated carbocycles. The first kappa shape index (κ1) is 13.1. The van der Waals surface area contributed by atoms with Crippen molar-refractivity contribution in [3.63, 3.8) is 0 Å². The third-order valence-corrected chi connectivity index (χ3v) is 4.72. The Morgan fingerprint density at radius 3 is 2.73 bits per heavy atom. The Labute approximate surface area is 128 Å². The van der Waals surface area contributed by atoms with E-state index in [2.05, 4.69) is 41.7 Å². The van der Waals surface area contributed by atoms with Crippen molar-refractivity contribution >= 4 is 11.4 Å². The minimum atomic E-state index is -0.322. The summed E-state index contributed by atoms with van der Waals surface area (Å²) in [5.41, 5.74) is 3.48. The number of nitro benzene ring substituents is 1. The standard InChI is InChI=1S/C18H16N2O2/c21-20(22)13-9-10-17-16(11-13)14-7-4-8-15(14)18(19-17)12-5-2-1-3-6-12/h1-7,9-11,14-15,18-19H,8H2/t14-,15+,18+/m1/s1. The lowest BCUT2D eigenvalue weighted by molar-refractivity contribution is -0.384. The second-order valence-corrected chi connectivity index (χ2v) is 5.91. The summed E-state index contributed by atoms with van der Waals surface area (Å²) in [7, 11) is 0. The number of non-ortho nitro benzene ring substituents is 1. The van der Waals surface area contributed by atoms with Crippen LogP contribution in [0.2, 0.25) is 0 Å². The molecule has 0 aromatic heterocycles. The monoisotopic (exact) mass is 292 g/mol. The van der Waals surface area contributed by atoms with Crippen molar-refractivity contribution in [1.29, 1.82) is 0 Å². The average molecular weight is 292 g/mol. The Morgan fingerprint density at radius 1 is 1.14 bits per heavy atom.